The van der Waals surface area contributed by atoms with Crippen molar-refractivity contribution in [3.63, 3.8) is 0 Å². The van der Waals surface area contributed by atoms with E-state index in [2.05, 4.69) is 32.2 Å². The van der Waals surface area contributed by atoms with Gasteiger partial charge in [0.05, 0.1) is 5.02 Å². The number of hydrogen-bond donors (Lipinski definition) is 1. The van der Waals surface area contributed by atoms with Crippen LogP contribution in [0.4, 0.5) is 0 Å². The maximum atomic E-state index is 6.27. The largest absolute Gasteiger partial charge is 0.486 e. The van der Waals surface area contributed by atoms with Crippen LogP contribution in [0, 0.1) is 0 Å². The normalized spacial score (nSPS) is 11.6. The molecule has 2 nitrogen and oxygen atoms in total. The van der Waals surface area contributed by atoms with Gasteiger partial charge in [-0.25, -0.2) is 0 Å². The lowest BCUT2D eigenvalue weighted by Crippen LogP contribution is -2.35. The Bertz CT molecular complexity index is 546. The second-order valence-electron chi connectivity index (χ2n) is 5.70. The van der Waals surface area contributed by atoms with Crippen molar-refractivity contribution in [3.8, 4) is 5.75 Å². The van der Waals surface area contributed by atoms with Crippen LogP contribution in [0.15, 0.2) is 35.7 Å². The summed E-state index contributed by atoms with van der Waals surface area (Å²) in [5.74, 6) is 0.777. The van der Waals surface area contributed by atoms with E-state index in [-0.39, 0.29) is 5.54 Å². The van der Waals surface area contributed by atoms with E-state index in [4.69, 9.17) is 16.3 Å². The van der Waals surface area contributed by atoms with Crippen LogP contribution in [-0.4, -0.2) is 5.54 Å². The monoisotopic (exact) mass is 309 g/mol. The number of benzene rings is 1. The Hall–Kier alpha value is -1.03. The van der Waals surface area contributed by atoms with E-state index < -0.39 is 0 Å². The average Bonchev–Trinajstić information content (AvgIpc) is 2.87. The highest BCUT2D eigenvalue weighted by molar-refractivity contribution is 7.09. The van der Waals surface area contributed by atoms with Crippen LogP contribution in [0.25, 0.3) is 0 Å². The van der Waals surface area contributed by atoms with Crippen LogP contribution in [0.2, 0.25) is 5.02 Å². The minimum absolute atomic E-state index is 0.0628. The minimum Gasteiger partial charge on any atom is -0.486 e. The number of thiophene rings is 1. The maximum Gasteiger partial charge on any atom is 0.142 e. The Kier molecular flexibility index (Phi) is 5.08. The summed E-state index contributed by atoms with van der Waals surface area (Å²) in [4.78, 5) is 1.19. The van der Waals surface area contributed by atoms with Crippen molar-refractivity contribution in [2.75, 3.05) is 0 Å². The van der Waals surface area contributed by atoms with E-state index in [1.165, 1.54) is 4.88 Å². The number of hydrogen-bond acceptors (Lipinski definition) is 3. The molecule has 0 atom stereocenters. The van der Waals surface area contributed by atoms with Gasteiger partial charge in [0.25, 0.3) is 0 Å². The third kappa shape index (κ3) is 4.51. The summed E-state index contributed by atoms with van der Waals surface area (Å²) in [5, 5.41) is 6.17. The van der Waals surface area contributed by atoms with Gasteiger partial charge in [-0.1, -0.05) is 29.8 Å². The van der Waals surface area contributed by atoms with E-state index in [9.17, 15) is 0 Å². The molecule has 0 aliphatic carbocycles. The Balaban J connectivity index is 2.09. The summed E-state index contributed by atoms with van der Waals surface area (Å²) in [6.07, 6.45) is 0. The van der Waals surface area contributed by atoms with Gasteiger partial charge in [-0.15, -0.1) is 11.3 Å². The lowest BCUT2D eigenvalue weighted by Gasteiger charge is -2.22. The van der Waals surface area contributed by atoms with Gasteiger partial charge in [0.1, 0.15) is 12.4 Å². The van der Waals surface area contributed by atoms with Gasteiger partial charge in [0, 0.05) is 22.5 Å². The highest BCUT2D eigenvalue weighted by atomic mass is 35.5. The molecule has 1 aromatic heterocycles. The Morgan fingerprint density at radius 2 is 2.00 bits per heavy atom. The van der Waals surface area contributed by atoms with Gasteiger partial charge in [-0.3, -0.25) is 0 Å². The first-order chi connectivity index (χ1) is 9.46. The lowest BCUT2D eigenvalue weighted by molar-refractivity contribution is 0.303. The molecular weight excluding hydrogens is 290 g/mol. The molecule has 1 N–H and O–H groups in total. The predicted molar refractivity (Wildman–Crippen MR) is 86.7 cm³/mol. The first-order valence-corrected chi connectivity index (χ1v) is 7.89. The highest BCUT2D eigenvalue weighted by Crippen LogP contribution is 2.30. The molecule has 0 aliphatic heterocycles. The molecule has 0 saturated carbocycles. The molecule has 0 fully saturated rings. The van der Waals surface area contributed by atoms with E-state index >= 15 is 0 Å². The number of para-hydroxylation sites is 1. The third-order valence-electron chi connectivity index (χ3n) is 2.80. The third-order valence-corrected chi connectivity index (χ3v) is 3.94. The van der Waals surface area contributed by atoms with Crippen LogP contribution >= 0.6 is 22.9 Å². The number of ether oxygens (including phenoxy) is 1. The van der Waals surface area contributed by atoms with Crippen LogP contribution in [0.5, 0.6) is 5.75 Å². The fourth-order valence-electron chi connectivity index (χ4n) is 1.75. The molecule has 108 valence electrons. The zero-order valence-electron chi connectivity index (χ0n) is 12.1. The molecule has 1 aromatic carbocycles. The van der Waals surface area contributed by atoms with Crippen LogP contribution in [0.3, 0.4) is 0 Å². The molecule has 0 amide bonds. The van der Waals surface area contributed by atoms with E-state index in [0.717, 1.165) is 17.9 Å². The molecule has 0 saturated heterocycles. The first kappa shape index (κ1) is 15.4. The average molecular weight is 310 g/mol. The van der Waals surface area contributed by atoms with Crippen molar-refractivity contribution in [3.05, 3.63) is 51.2 Å². The van der Waals surface area contributed by atoms with Crippen molar-refractivity contribution < 1.29 is 4.74 Å². The van der Waals surface area contributed by atoms with Crippen molar-refractivity contribution in [2.45, 2.75) is 39.5 Å². The van der Waals surface area contributed by atoms with E-state index in [1.54, 1.807) is 11.3 Å². The Morgan fingerprint density at radius 3 is 2.65 bits per heavy atom. The SMILES string of the molecule is CC(C)(C)NCc1cccc(Cl)c1OCc1cccs1. The zero-order chi connectivity index (χ0) is 14.6. The summed E-state index contributed by atoms with van der Waals surface area (Å²) in [6, 6.07) is 9.97. The number of rotatable bonds is 5. The molecule has 1 heterocycles. The van der Waals surface area contributed by atoms with Crippen LogP contribution in [0.1, 0.15) is 31.2 Å². The van der Waals surface area contributed by atoms with Crippen LogP contribution in [-0.2, 0) is 13.2 Å². The highest BCUT2D eigenvalue weighted by Gasteiger charge is 2.13. The van der Waals surface area contributed by atoms with Gasteiger partial charge in [-0.05, 0) is 38.3 Å². The maximum absolute atomic E-state index is 6.27. The molecule has 0 unspecified atom stereocenters. The molecule has 0 radical (unpaired) electrons. The van der Waals surface area contributed by atoms with Crippen LogP contribution < -0.4 is 10.1 Å². The van der Waals surface area contributed by atoms with E-state index in [1.807, 2.05) is 29.6 Å². The molecule has 0 bridgehead atoms. The van der Waals surface area contributed by atoms with Crippen molar-refractivity contribution in [1.29, 1.82) is 0 Å². The van der Waals surface area contributed by atoms with Gasteiger partial charge in [-0.2, -0.15) is 0 Å². The fourth-order valence-corrected chi connectivity index (χ4v) is 2.62. The molecule has 2 aromatic rings. The lowest BCUT2D eigenvalue weighted by atomic mass is 10.1. The number of halogens is 1. The summed E-state index contributed by atoms with van der Waals surface area (Å²) < 4.78 is 5.92. The first-order valence-electron chi connectivity index (χ1n) is 6.63. The topological polar surface area (TPSA) is 21.3 Å². The standard InChI is InChI=1S/C16H20ClNOS/c1-16(2,3)18-10-12-6-4-8-14(17)15(12)19-11-13-7-5-9-20-13/h4-9,18H,10-11H2,1-3H3. The molecular formula is C16H20ClNOS. The second kappa shape index (κ2) is 6.61. The predicted octanol–water partition coefficient (Wildman–Crippen LogP) is 4.87. The van der Waals surface area contributed by atoms with E-state index in [0.29, 0.717) is 11.6 Å². The van der Waals surface area contributed by atoms with Gasteiger partial charge in [0.15, 0.2) is 0 Å². The van der Waals surface area contributed by atoms with Gasteiger partial charge >= 0.3 is 0 Å². The van der Waals surface area contributed by atoms with Gasteiger partial charge < -0.3 is 10.1 Å². The number of nitrogens with one attached hydrogen (secondary N) is 1. The smallest absolute Gasteiger partial charge is 0.142 e. The van der Waals surface area contributed by atoms with Crippen molar-refractivity contribution in [2.24, 2.45) is 0 Å². The second-order valence-corrected chi connectivity index (χ2v) is 7.14. The Morgan fingerprint density at radius 1 is 1.20 bits per heavy atom. The molecule has 0 spiro atoms. The quantitative estimate of drug-likeness (QED) is 0.851. The molecule has 2 rings (SSSR count). The van der Waals surface area contributed by atoms with Crippen molar-refractivity contribution >= 4 is 22.9 Å². The summed E-state index contributed by atoms with van der Waals surface area (Å²) >= 11 is 7.96. The summed E-state index contributed by atoms with van der Waals surface area (Å²) in [6.45, 7) is 7.73. The fraction of sp³-hybridized carbons (Fsp3) is 0.375. The van der Waals surface area contributed by atoms with Crippen molar-refractivity contribution in [1.82, 2.24) is 5.32 Å². The zero-order valence-corrected chi connectivity index (χ0v) is 13.6. The molecule has 0 aliphatic rings. The summed E-state index contributed by atoms with van der Waals surface area (Å²) in [7, 11) is 0. The molecule has 4 heteroatoms. The van der Waals surface area contributed by atoms with Gasteiger partial charge in [0.2, 0.25) is 0 Å². The molecule has 20 heavy (non-hydrogen) atoms. The summed E-state index contributed by atoms with van der Waals surface area (Å²) in [5.41, 5.74) is 1.15. The minimum atomic E-state index is 0.0628. The Labute approximate surface area is 129 Å².